The standard InChI is InChI=1S/C23H26N4O4/c1-23(18-7-8-19-20(13-18)31-16-30-19)21(28)27(22(29)24-23)15-26-11-9-25(10-12-26)14-17-5-3-2-4-6-17/h2-8,13H,9-12,14-16H2,1H3,(H,24,29)/t23-/m0/s1. The average molecular weight is 422 g/mol. The van der Waals surface area contributed by atoms with Gasteiger partial charge in [-0.15, -0.1) is 0 Å². The first-order valence-corrected chi connectivity index (χ1v) is 10.6. The van der Waals surface area contributed by atoms with Crippen LogP contribution in [0.25, 0.3) is 0 Å². The minimum atomic E-state index is -1.12. The molecule has 3 aliphatic heterocycles. The minimum absolute atomic E-state index is 0.165. The quantitative estimate of drug-likeness (QED) is 0.743. The van der Waals surface area contributed by atoms with Gasteiger partial charge < -0.3 is 14.8 Å². The number of hydrogen-bond acceptors (Lipinski definition) is 6. The maximum atomic E-state index is 13.3. The zero-order valence-electron chi connectivity index (χ0n) is 17.5. The molecule has 2 saturated heterocycles. The number of carbonyl (C=O) groups excluding carboxylic acids is 2. The Morgan fingerprint density at radius 3 is 2.42 bits per heavy atom. The number of nitrogens with zero attached hydrogens (tertiary/aromatic N) is 3. The molecule has 0 saturated carbocycles. The zero-order chi connectivity index (χ0) is 21.4. The Morgan fingerprint density at radius 1 is 0.935 bits per heavy atom. The van der Waals surface area contributed by atoms with Crippen LogP contribution >= 0.6 is 0 Å². The number of fused-ring (bicyclic) bond motifs is 1. The maximum absolute atomic E-state index is 13.3. The Bertz CT molecular complexity index is 990. The van der Waals surface area contributed by atoms with Gasteiger partial charge in [-0.1, -0.05) is 36.4 Å². The molecule has 0 unspecified atom stereocenters. The normalized spacial score (nSPS) is 24.0. The van der Waals surface area contributed by atoms with Gasteiger partial charge in [-0.2, -0.15) is 0 Å². The lowest BCUT2D eigenvalue weighted by Gasteiger charge is -2.36. The van der Waals surface area contributed by atoms with E-state index in [-0.39, 0.29) is 18.7 Å². The molecule has 31 heavy (non-hydrogen) atoms. The molecule has 3 amide bonds. The van der Waals surface area contributed by atoms with E-state index >= 15 is 0 Å². The summed E-state index contributed by atoms with van der Waals surface area (Å²) in [5.41, 5.74) is 0.863. The third-order valence-electron chi connectivity index (χ3n) is 6.28. The first-order valence-electron chi connectivity index (χ1n) is 10.6. The van der Waals surface area contributed by atoms with E-state index in [4.69, 9.17) is 9.47 Å². The summed E-state index contributed by atoms with van der Waals surface area (Å²) in [6.07, 6.45) is 0. The molecule has 8 heteroatoms. The van der Waals surface area contributed by atoms with Crippen molar-refractivity contribution in [1.29, 1.82) is 0 Å². The molecule has 0 bridgehead atoms. The highest BCUT2D eigenvalue weighted by Crippen LogP contribution is 2.37. The maximum Gasteiger partial charge on any atom is 0.326 e. The second-order valence-corrected chi connectivity index (χ2v) is 8.38. The van der Waals surface area contributed by atoms with Crippen LogP contribution in [-0.4, -0.2) is 66.3 Å². The number of benzene rings is 2. The smallest absolute Gasteiger partial charge is 0.326 e. The van der Waals surface area contributed by atoms with E-state index in [2.05, 4.69) is 39.4 Å². The van der Waals surface area contributed by atoms with Gasteiger partial charge in [0.25, 0.3) is 5.91 Å². The molecule has 0 radical (unpaired) electrons. The van der Waals surface area contributed by atoms with Gasteiger partial charge in [0.15, 0.2) is 11.5 Å². The molecular weight excluding hydrogens is 396 g/mol. The van der Waals surface area contributed by atoms with Crippen molar-refractivity contribution < 1.29 is 19.1 Å². The predicted octanol–water partition coefficient (Wildman–Crippen LogP) is 1.96. The lowest BCUT2D eigenvalue weighted by Crippen LogP contribution is -2.51. The van der Waals surface area contributed by atoms with Gasteiger partial charge in [-0.05, 0) is 30.2 Å². The van der Waals surface area contributed by atoms with Gasteiger partial charge >= 0.3 is 6.03 Å². The van der Waals surface area contributed by atoms with Crippen LogP contribution in [0.1, 0.15) is 18.1 Å². The second kappa shape index (κ2) is 7.86. The fraction of sp³-hybridized carbons (Fsp3) is 0.391. The van der Waals surface area contributed by atoms with Crippen LogP contribution in [0.15, 0.2) is 48.5 Å². The van der Waals surface area contributed by atoms with Crippen molar-refractivity contribution in [2.45, 2.75) is 19.0 Å². The molecule has 1 atom stereocenters. The minimum Gasteiger partial charge on any atom is -0.454 e. The molecule has 0 spiro atoms. The summed E-state index contributed by atoms with van der Waals surface area (Å²) in [6.45, 7) is 6.54. The molecule has 1 N–H and O–H groups in total. The summed E-state index contributed by atoms with van der Waals surface area (Å²) >= 11 is 0. The first kappa shape index (κ1) is 19.8. The van der Waals surface area contributed by atoms with E-state index in [0.717, 1.165) is 32.7 Å². The molecule has 0 aromatic heterocycles. The highest BCUT2D eigenvalue weighted by Gasteiger charge is 2.49. The summed E-state index contributed by atoms with van der Waals surface area (Å²) in [6, 6.07) is 15.4. The van der Waals surface area contributed by atoms with Crippen molar-refractivity contribution in [3.05, 3.63) is 59.7 Å². The number of ether oxygens (including phenoxy) is 2. The number of hydrogen-bond donors (Lipinski definition) is 1. The van der Waals surface area contributed by atoms with Crippen molar-refractivity contribution in [3.8, 4) is 11.5 Å². The third-order valence-corrected chi connectivity index (χ3v) is 6.28. The summed E-state index contributed by atoms with van der Waals surface area (Å²) in [5, 5.41) is 2.87. The molecular formula is C23H26N4O4. The van der Waals surface area contributed by atoms with E-state index in [9.17, 15) is 9.59 Å². The van der Waals surface area contributed by atoms with Gasteiger partial charge in [0.05, 0.1) is 6.67 Å². The summed E-state index contributed by atoms with van der Waals surface area (Å²) in [4.78, 5) is 31.8. The number of rotatable bonds is 5. The Kier molecular flexibility index (Phi) is 5.03. The molecule has 3 heterocycles. The number of carbonyl (C=O) groups is 2. The monoisotopic (exact) mass is 422 g/mol. The molecule has 2 aromatic rings. The van der Waals surface area contributed by atoms with Crippen LogP contribution < -0.4 is 14.8 Å². The van der Waals surface area contributed by atoms with Crippen LogP contribution in [0.4, 0.5) is 4.79 Å². The SMILES string of the molecule is C[C@@]1(c2ccc3c(c2)OCO3)NC(=O)N(CN2CCN(Cc3ccccc3)CC2)C1=O. The zero-order valence-corrected chi connectivity index (χ0v) is 17.5. The molecule has 162 valence electrons. The van der Waals surface area contributed by atoms with E-state index < -0.39 is 5.54 Å². The summed E-state index contributed by atoms with van der Waals surface area (Å²) in [7, 11) is 0. The molecule has 0 aliphatic carbocycles. The summed E-state index contributed by atoms with van der Waals surface area (Å²) in [5.74, 6) is 0.992. The van der Waals surface area contributed by atoms with Crippen molar-refractivity contribution in [1.82, 2.24) is 20.0 Å². The van der Waals surface area contributed by atoms with Crippen LogP contribution in [0.3, 0.4) is 0 Å². The van der Waals surface area contributed by atoms with E-state index in [1.54, 1.807) is 25.1 Å². The average Bonchev–Trinajstić information content (AvgIpc) is 3.34. The van der Waals surface area contributed by atoms with Gasteiger partial charge in [-0.3, -0.25) is 14.6 Å². The third kappa shape index (κ3) is 3.73. The van der Waals surface area contributed by atoms with Gasteiger partial charge in [0, 0.05) is 32.7 Å². The fourth-order valence-corrected chi connectivity index (χ4v) is 4.36. The fourth-order valence-electron chi connectivity index (χ4n) is 4.36. The summed E-state index contributed by atoms with van der Waals surface area (Å²) < 4.78 is 10.8. The van der Waals surface area contributed by atoms with Gasteiger partial charge in [0.2, 0.25) is 6.79 Å². The van der Waals surface area contributed by atoms with Crippen LogP contribution in [0.5, 0.6) is 11.5 Å². The highest BCUT2D eigenvalue weighted by atomic mass is 16.7. The number of piperazine rings is 1. The van der Waals surface area contributed by atoms with E-state index in [1.807, 2.05) is 6.07 Å². The number of amides is 3. The second-order valence-electron chi connectivity index (χ2n) is 8.38. The van der Waals surface area contributed by atoms with Crippen molar-refractivity contribution in [2.24, 2.45) is 0 Å². The Labute approximate surface area is 181 Å². The molecule has 2 aromatic carbocycles. The molecule has 3 aliphatic rings. The Morgan fingerprint density at radius 2 is 1.65 bits per heavy atom. The Balaban J connectivity index is 1.22. The lowest BCUT2D eigenvalue weighted by molar-refractivity contribution is -0.132. The highest BCUT2D eigenvalue weighted by molar-refractivity contribution is 6.07. The van der Waals surface area contributed by atoms with E-state index in [1.165, 1.54) is 10.5 Å². The molecule has 8 nitrogen and oxygen atoms in total. The lowest BCUT2D eigenvalue weighted by atomic mass is 9.92. The van der Waals surface area contributed by atoms with Crippen LogP contribution in [-0.2, 0) is 16.9 Å². The topological polar surface area (TPSA) is 74.4 Å². The number of imide groups is 1. The largest absolute Gasteiger partial charge is 0.454 e. The molecule has 5 rings (SSSR count). The first-order chi connectivity index (χ1) is 15.0. The Hall–Kier alpha value is -3.10. The van der Waals surface area contributed by atoms with Crippen molar-refractivity contribution in [2.75, 3.05) is 39.6 Å². The number of nitrogens with one attached hydrogen (secondary N) is 1. The van der Waals surface area contributed by atoms with Crippen LogP contribution in [0, 0.1) is 0 Å². The van der Waals surface area contributed by atoms with Crippen molar-refractivity contribution >= 4 is 11.9 Å². The van der Waals surface area contributed by atoms with E-state index in [0.29, 0.717) is 23.7 Å². The predicted molar refractivity (Wildman–Crippen MR) is 113 cm³/mol. The van der Waals surface area contributed by atoms with Gasteiger partial charge in [0.1, 0.15) is 5.54 Å². The van der Waals surface area contributed by atoms with Crippen molar-refractivity contribution in [3.63, 3.8) is 0 Å². The number of urea groups is 1. The van der Waals surface area contributed by atoms with Crippen LogP contribution in [0.2, 0.25) is 0 Å². The van der Waals surface area contributed by atoms with Gasteiger partial charge in [-0.25, -0.2) is 9.69 Å². The molecule has 2 fully saturated rings.